The van der Waals surface area contributed by atoms with E-state index in [0.29, 0.717) is 0 Å². The molecule has 2 aromatic carbocycles. The summed E-state index contributed by atoms with van der Waals surface area (Å²) in [6, 6.07) is 5.03. The minimum absolute atomic E-state index is 0.0461. The van der Waals surface area contributed by atoms with Gasteiger partial charge in [0.25, 0.3) is 5.91 Å². The lowest BCUT2D eigenvalue weighted by Crippen LogP contribution is -2.32. The molecule has 0 aliphatic carbocycles. The summed E-state index contributed by atoms with van der Waals surface area (Å²) in [5.41, 5.74) is -1.04. The number of carboxylic acids is 1. The van der Waals surface area contributed by atoms with Crippen LogP contribution in [0.3, 0.4) is 0 Å². The number of amides is 1. The highest BCUT2D eigenvalue weighted by atomic mass is 79.9. The van der Waals surface area contributed by atoms with Crippen molar-refractivity contribution in [1.82, 2.24) is 4.90 Å². The van der Waals surface area contributed by atoms with Crippen LogP contribution in [0, 0.1) is 0 Å². The van der Waals surface area contributed by atoms with E-state index in [9.17, 15) is 22.8 Å². The molecule has 0 aliphatic rings. The third-order valence-corrected chi connectivity index (χ3v) is 4.21. The van der Waals surface area contributed by atoms with E-state index in [1.165, 1.54) is 25.2 Å². The summed E-state index contributed by atoms with van der Waals surface area (Å²) in [6.07, 6.45) is -4.69. The zero-order chi connectivity index (χ0) is 18.9. The number of hydrogen-bond donors (Lipinski definition) is 1. The topological polar surface area (TPSA) is 66.8 Å². The molecule has 0 aliphatic heterocycles. The van der Waals surface area contributed by atoms with Gasteiger partial charge in [0.2, 0.25) is 0 Å². The summed E-state index contributed by atoms with van der Waals surface area (Å²) in [4.78, 5) is 24.3. The lowest BCUT2D eigenvalue weighted by molar-refractivity contribution is -0.138. The van der Waals surface area contributed by atoms with Gasteiger partial charge in [-0.15, -0.1) is 0 Å². The number of alkyl halides is 3. The molecule has 2 rings (SSSR count). The van der Waals surface area contributed by atoms with Gasteiger partial charge >= 0.3 is 12.1 Å². The van der Waals surface area contributed by atoms with Crippen molar-refractivity contribution in [3.63, 3.8) is 0 Å². The summed E-state index contributed by atoms with van der Waals surface area (Å²) in [5, 5.41) is 8.65. The minimum atomic E-state index is -4.69. The summed E-state index contributed by atoms with van der Waals surface area (Å²) >= 11 is 3.16. The van der Waals surface area contributed by atoms with Crippen LogP contribution >= 0.6 is 15.9 Å². The van der Waals surface area contributed by atoms with Crippen molar-refractivity contribution < 1.29 is 32.6 Å². The largest absolute Gasteiger partial charge is 0.496 e. The van der Waals surface area contributed by atoms with Crippen molar-refractivity contribution in [1.29, 1.82) is 0 Å². The Morgan fingerprint density at radius 3 is 2.32 bits per heavy atom. The molecule has 0 unspecified atom stereocenters. The number of benzene rings is 2. The van der Waals surface area contributed by atoms with Gasteiger partial charge in [-0.2, -0.15) is 13.2 Å². The average Bonchev–Trinajstić information content (AvgIpc) is 2.51. The lowest BCUT2D eigenvalue weighted by atomic mass is 9.98. The number of carbonyl (C=O) groups is 2. The van der Waals surface area contributed by atoms with Gasteiger partial charge in [-0.3, -0.25) is 9.59 Å². The molecule has 0 fully saturated rings. The van der Waals surface area contributed by atoms with Crippen LogP contribution in [0.15, 0.2) is 28.7 Å². The first kappa shape index (κ1) is 19.0. The normalized spacial score (nSPS) is 11.4. The van der Waals surface area contributed by atoms with E-state index in [2.05, 4.69) is 15.9 Å². The first-order chi connectivity index (χ1) is 11.6. The molecule has 0 aromatic heterocycles. The second kappa shape index (κ2) is 6.91. The molecule has 0 saturated carbocycles. The molecule has 0 atom stereocenters. The highest BCUT2D eigenvalue weighted by Crippen LogP contribution is 2.43. The van der Waals surface area contributed by atoms with Crippen LogP contribution in [0.4, 0.5) is 13.2 Å². The fraction of sp³-hybridized carbons (Fsp3) is 0.250. The van der Waals surface area contributed by atoms with Crippen LogP contribution < -0.4 is 4.74 Å². The number of aliphatic carboxylic acids is 1. The van der Waals surface area contributed by atoms with E-state index < -0.39 is 30.2 Å². The maximum atomic E-state index is 13.5. The van der Waals surface area contributed by atoms with E-state index >= 15 is 0 Å². The van der Waals surface area contributed by atoms with Crippen molar-refractivity contribution in [2.45, 2.75) is 6.18 Å². The molecule has 9 heteroatoms. The molecule has 134 valence electrons. The predicted molar refractivity (Wildman–Crippen MR) is 87.8 cm³/mol. The van der Waals surface area contributed by atoms with E-state index in [1.807, 2.05) is 0 Å². The molecule has 0 saturated heterocycles. The Bertz CT molecular complexity index is 851. The third kappa shape index (κ3) is 3.71. The second-order valence-corrected chi connectivity index (χ2v) is 6.07. The number of rotatable bonds is 4. The Morgan fingerprint density at radius 2 is 1.80 bits per heavy atom. The summed E-state index contributed by atoms with van der Waals surface area (Å²) < 4.78 is 45.5. The van der Waals surface area contributed by atoms with Crippen molar-refractivity contribution in [3.8, 4) is 5.75 Å². The zero-order valence-corrected chi connectivity index (χ0v) is 14.7. The fourth-order valence-corrected chi connectivity index (χ4v) is 3.02. The molecular formula is C16H13BrF3NO4. The van der Waals surface area contributed by atoms with Crippen molar-refractivity contribution in [3.05, 3.63) is 39.9 Å². The molecule has 0 radical (unpaired) electrons. The van der Waals surface area contributed by atoms with Gasteiger partial charge in [-0.1, -0.05) is 6.07 Å². The first-order valence-electron chi connectivity index (χ1n) is 6.91. The first-order valence-corrected chi connectivity index (χ1v) is 7.71. The Balaban J connectivity index is 2.76. The maximum absolute atomic E-state index is 13.5. The van der Waals surface area contributed by atoms with E-state index in [1.54, 1.807) is 0 Å². The monoisotopic (exact) mass is 419 g/mol. The number of carboxylic acid groups (broad SMARTS) is 1. The van der Waals surface area contributed by atoms with Crippen LogP contribution in [0.5, 0.6) is 5.75 Å². The van der Waals surface area contributed by atoms with Crippen molar-refractivity contribution >= 4 is 38.6 Å². The number of carbonyl (C=O) groups excluding carboxylic acids is 1. The smallest absolute Gasteiger partial charge is 0.420 e. The fourth-order valence-electron chi connectivity index (χ4n) is 2.50. The van der Waals surface area contributed by atoms with Crippen molar-refractivity contribution in [2.24, 2.45) is 0 Å². The molecule has 25 heavy (non-hydrogen) atoms. The SMILES string of the molecule is COc1ccc2c(C(=O)N(C)CC(=O)O)c(Br)ccc2c1C(F)(F)F. The highest BCUT2D eigenvalue weighted by Gasteiger charge is 2.37. The predicted octanol–water partition coefficient (Wildman–Crippen LogP) is 3.79. The minimum Gasteiger partial charge on any atom is -0.496 e. The number of nitrogens with zero attached hydrogens (tertiary/aromatic N) is 1. The molecule has 2 aromatic rings. The van der Waals surface area contributed by atoms with Crippen LogP contribution in [0.2, 0.25) is 0 Å². The van der Waals surface area contributed by atoms with Crippen LogP contribution in [0.25, 0.3) is 10.8 Å². The van der Waals surface area contributed by atoms with Gasteiger partial charge in [0.1, 0.15) is 17.9 Å². The maximum Gasteiger partial charge on any atom is 0.420 e. The average molecular weight is 420 g/mol. The van der Waals surface area contributed by atoms with E-state index in [4.69, 9.17) is 9.84 Å². The molecule has 0 bridgehead atoms. The number of halogens is 4. The standard InChI is InChI=1S/C16H13BrF3NO4/c1-21(7-12(22)23)15(24)13-8-4-6-11(25-2)14(16(18,19)20)9(8)3-5-10(13)17/h3-6H,7H2,1-2H3,(H,22,23). The van der Waals surface area contributed by atoms with Gasteiger partial charge in [-0.25, -0.2) is 0 Å². The van der Waals surface area contributed by atoms with E-state index in [-0.39, 0.29) is 26.6 Å². The molecule has 0 spiro atoms. The lowest BCUT2D eigenvalue weighted by Gasteiger charge is -2.20. The number of hydrogen-bond acceptors (Lipinski definition) is 3. The Hall–Kier alpha value is -2.29. The zero-order valence-electron chi connectivity index (χ0n) is 13.1. The molecule has 5 nitrogen and oxygen atoms in total. The number of likely N-dealkylation sites (N-methyl/N-ethyl adjacent to an activating group) is 1. The van der Waals surface area contributed by atoms with Gasteiger partial charge < -0.3 is 14.7 Å². The Morgan fingerprint density at radius 1 is 1.20 bits per heavy atom. The third-order valence-electron chi connectivity index (χ3n) is 3.55. The number of ether oxygens (including phenoxy) is 1. The van der Waals surface area contributed by atoms with Crippen molar-refractivity contribution in [2.75, 3.05) is 20.7 Å². The second-order valence-electron chi connectivity index (χ2n) is 5.21. The highest BCUT2D eigenvalue weighted by molar-refractivity contribution is 9.10. The quantitative estimate of drug-likeness (QED) is 0.818. The van der Waals surface area contributed by atoms with E-state index in [0.717, 1.165) is 18.1 Å². The molecular weight excluding hydrogens is 407 g/mol. The molecule has 0 heterocycles. The van der Waals surface area contributed by atoms with Crippen LogP contribution in [0.1, 0.15) is 15.9 Å². The Labute approximate surface area is 149 Å². The van der Waals surface area contributed by atoms with Gasteiger partial charge in [-0.05, 0) is 44.9 Å². The summed E-state index contributed by atoms with van der Waals surface area (Å²) in [7, 11) is 2.39. The Kier molecular flexibility index (Phi) is 5.26. The van der Waals surface area contributed by atoms with Gasteiger partial charge in [0.15, 0.2) is 0 Å². The molecule has 1 amide bonds. The van der Waals surface area contributed by atoms with Crippen LogP contribution in [-0.4, -0.2) is 42.6 Å². The van der Waals surface area contributed by atoms with Gasteiger partial charge in [0.05, 0.1) is 12.7 Å². The summed E-state index contributed by atoms with van der Waals surface area (Å²) in [5.74, 6) is -2.30. The van der Waals surface area contributed by atoms with Gasteiger partial charge in [0, 0.05) is 11.5 Å². The number of fused-ring (bicyclic) bond motifs is 1. The summed E-state index contributed by atoms with van der Waals surface area (Å²) in [6.45, 7) is -0.579. The van der Waals surface area contributed by atoms with Crippen LogP contribution in [-0.2, 0) is 11.0 Å². The molecule has 1 N–H and O–H groups in total. The number of methoxy groups -OCH3 is 1.